The van der Waals surface area contributed by atoms with Crippen LogP contribution in [0, 0.1) is 11.6 Å². The summed E-state index contributed by atoms with van der Waals surface area (Å²) in [6.45, 7) is 0. The van der Waals surface area contributed by atoms with E-state index >= 15 is 0 Å². The number of hydrogen-bond acceptors (Lipinski definition) is 0. The summed E-state index contributed by atoms with van der Waals surface area (Å²) in [5.74, 6) is -1.94. The Labute approximate surface area is 72.0 Å². The summed E-state index contributed by atoms with van der Waals surface area (Å²) in [7, 11) is 0. The minimum absolute atomic E-state index is 0.150. The van der Waals surface area contributed by atoms with Crippen molar-refractivity contribution >= 4 is 22.5 Å². The fraction of sp³-hybridized carbons (Fsp3) is 0. The monoisotopic (exact) mass is 187 g/mol. The first-order chi connectivity index (χ1) is 5.70. The number of hydrogen-bond donors (Lipinski definition) is 1. The standard InChI is InChI=1S/C8H4ClF2N/c9-5-3-4-1-2-12-8(4)7(11)6(5)10/h1-3,12H. The van der Waals surface area contributed by atoms with Crippen LogP contribution >= 0.6 is 11.6 Å². The number of halogens is 3. The van der Waals surface area contributed by atoms with Crippen molar-refractivity contribution in [3.8, 4) is 0 Å². The Morgan fingerprint density at radius 1 is 1.25 bits per heavy atom. The second kappa shape index (κ2) is 2.45. The third-order valence-corrected chi connectivity index (χ3v) is 1.96. The second-order valence-electron chi connectivity index (χ2n) is 2.43. The molecule has 4 heteroatoms. The highest BCUT2D eigenvalue weighted by Crippen LogP contribution is 2.25. The van der Waals surface area contributed by atoms with Gasteiger partial charge < -0.3 is 4.98 Å². The zero-order chi connectivity index (χ0) is 8.72. The van der Waals surface area contributed by atoms with Gasteiger partial charge in [-0.15, -0.1) is 0 Å². The third kappa shape index (κ3) is 0.898. The lowest BCUT2D eigenvalue weighted by Gasteiger charge is -1.96. The highest BCUT2D eigenvalue weighted by Gasteiger charge is 2.11. The Kier molecular flexibility index (Phi) is 1.54. The molecular weight excluding hydrogens is 184 g/mol. The summed E-state index contributed by atoms with van der Waals surface area (Å²) in [4.78, 5) is 2.58. The Morgan fingerprint density at radius 3 is 2.75 bits per heavy atom. The van der Waals surface area contributed by atoms with Gasteiger partial charge in [-0.2, -0.15) is 0 Å². The first-order valence-corrected chi connectivity index (χ1v) is 3.68. The summed E-state index contributed by atoms with van der Waals surface area (Å²) in [6, 6.07) is 3.01. The van der Waals surface area contributed by atoms with Gasteiger partial charge in [0, 0.05) is 11.6 Å². The lowest BCUT2D eigenvalue weighted by Crippen LogP contribution is -1.86. The molecule has 0 bridgehead atoms. The van der Waals surface area contributed by atoms with Gasteiger partial charge in [-0.1, -0.05) is 11.6 Å². The van der Waals surface area contributed by atoms with Gasteiger partial charge in [-0.3, -0.25) is 0 Å². The smallest absolute Gasteiger partial charge is 0.184 e. The topological polar surface area (TPSA) is 15.8 Å². The minimum Gasteiger partial charge on any atom is -0.359 e. The van der Waals surface area contributed by atoms with Crippen molar-refractivity contribution in [2.45, 2.75) is 0 Å². The van der Waals surface area contributed by atoms with E-state index in [2.05, 4.69) is 4.98 Å². The van der Waals surface area contributed by atoms with Gasteiger partial charge in [0.15, 0.2) is 11.6 Å². The van der Waals surface area contributed by atoms with Gasteiger partial charge in [0.2, 0.25) is 0 Å². The summed E-state index contributed by atoms with van der Waals surface area (Å²) >= 11 is 5.42. The molecule has 12 heavy (non-hydrogen) atoms. The molecule has 0 atom stereocenters. The van der Waals surface area contributed by atoms with Crippen LogP contribution < -0.4 is 0 Å². The van der Waals surface area contributed by atoms with Crippen LogP contribution in [0.4, 0.5) is 8.78 Å². The molecule has 0 aliphatic rings. The van der Waals surface area contributed by atoms with Crippen LogP contribution in [0.2, 0.25) is 5.02 Å². The highest BCUT2D eigenvalue weighted by molar-refractivity contribution is 6.31. The van der Waals surface area contributed by atoms with E-state index in [4.69, 9.17) is 11.6 Å². The van der Waals surface area contributed by atoms with E-state index in [1.54, 1.807) is 6.07 Å². The van der Waals surface area contributed by atoms with E-state index in [1.807, 2.05) is 0 Å². The Bertz CT molecular complexity index is 436. The quantitative estimate of drug-likeness (QED) is 0.610. The molecule has 1 nitrogen and oxygen atoms in total. The van der Waals surface area contributed by atoms with Crippen molar-refractivity contribution in [3.05, 3.63) is 35.0 Å². The van der Waals surface area contributed by atoms with E-state index in [0.717, 1.165) is 0 Å². The molecule has 0 aliphatic heterocycles. The fourth-order valence-corrected chi connectivity index (χ4v) is 1.31. The number of aromatic amines is 1. The number of H-pyrrole nitrogens is 1. The molecule has 0 aliphatic carbocycles. The van der Waals surface area contributed by atoms with Crippen molar-refractivity contribution in [3.63, 3.8) is 0 Å². The summed E-state index contributed by atoms with van der Waals surface area (Å²) < 4.78 is 25.8. The highest BCUT2D eigenvalue weighted by atomic mass is 35.5. The molecule has 2 rings (SSSR count). The number of nitrogens with one attached hydrogen (secondary N) is 1. The van der Waals surface area contributed by atoms with Crippen molar-refractivity contribution in [2.75, 3.05) is 0 Å². The van der Waals surface area contributed by atoms with Gasteiger partial charge in [0.05, 0.1) is 10.5 Å². The van der Waals surface area contributed by atoms with E-state index < -0.39 is 11.6 Å². The first-order valence-electron chi connectivity index (χ1n) is 3.30. The Morgan fingerprint density at radius 2 is 2.00 bits per heavy atom. The number of aromatic nitrogens is 1. The normalized spacial score (nSPS) is 10.9. The lowest BCUT2D eigenvalue weighted by molar-refractivity contribution is 0.516. The van der Waals surface area contributed by atoms with Gasteiger partial charge in [-0.25, -0.2) is 8.78 Å². The molecular formula is C8H4ClF2N. The van der Waals surface area contributed by atoms with Gasteiger partial charge in [0.1, 0.15) is 0 Å². The van der Waals surface area contributed by atoms with Gasteiger partial charge >= 0.3 is 0 Å². The molecule has 1 aromatic carbocycles. The van der Waals surface area contributed by atoms with Gasteiger partial charge in [-0.05, 0) is 12.1 Å². The molecule has 1 N–H and O–H groups in total. The zero-order valence-electron chi connectivity index (χ0n) is 5.87. The molecule has 0 saturated carbocycles. The summed E-state index contributed by atoms with van der Waals surface area (Å²) in [5.41, 5.74) is 0.150. The van der Waals surface area contributed by atoms with E-state index in [-0.39, 0.29) is 10.5 Å². The molecule has 0 unspecified atom stereocenters. The zero-order valence-corrected chi connectivity index (χ0v) is 6.62. The van der Waals surface area contributed by atoms with Crippen LogP contribution in [0.3, 0.4) is 0 Å². The fourth-order valence-electron chi connectivity index (χ4n) is 1.11. The molecule has 62 valence electrons. The van der Waals surface area contributed by atoms with Crippen LogP contribution in [-0.4, -0.2) is 4.98 Å². The number of benzene rings is 1. The Hall–Kier alpha value is -1.09. The molecule has 0 fully saturated rings. The van der Waals surface area contributed by atoms with Crippen molar-refractivity contribution in [2.24, 2.45) is 0 Å². The maximum Gasteiger partial charge on any atom is 0.184 e. The Balaban J connectivity index is 2.94. The third-order valence-electron chi connectivity index (χ3n) is 1.68. The number of rotatable bonds is 0. The second-order valence-corrected chi connectivity index (χ2v) is 2.84. The van der Waals surface area contributed by atoms with Crippen LogP contribution in [0.5, 0.6) is 0 Å². The SMILES string of the molecule is Fc1c(Cl)cc2cc[nH]c2c1F. The van der Waals surface area contributed by atoms with E-state index in [9.17, 15) is 8.78 Å². The van der Waals surface area contributed by atoms with E-state index in [1.165, 1.54) is 12.3 Å². The lowest BCUT2D eigenvalue weighted by atomic mass is 10.2. The summed E-state index contributed by atoms with van der Waals surface area (Å²) in [5, 5.41) is 0.374. The molecule has 0 radical (unpaired) electrons. The van der Waals surface area contributed by atoms with Crippen molar-refractivity contribution in [1.29, 1.82) is 0 Å². The molecule has 0 saturated heterocycles. The maximum atomic E-state index is 13.0. The average molecular weight is 188 g/mol. The van der Waals surface area contributed by atoms with Gasteiger partial charge in [0.25, 0.3) is 0 Å². The molecule has 1 aromatic heterocycles. The predicted octanol–water partition coefficient (Wildman–Crippen LogP) is 3.10. The molecule has 0 amide bonds. The first kappa shape index (κ1) is 7.55. The van der Waals surface area contributed by atoms with Crippen molar-refractivity contribution in [1.82, 2.24) is 4.98 Å². The predicted molar refractivity (Wildman–Crippen MR) is 43.2 cm³/mol. The molecule has 2 aromatic rings. The largest absolute Gasteiger partial charge is 0.359 e. The summed E-state index contributed by atoms with van der Waals surface area (Å²) in [6.07, 6.45) is 1.53. The van der Waals surface area contributed by atoms with Crippen molar-refractivity contribution < 1.29 is 8.78 Å². The number of fused-ring (bicyclic) bond motifs is 1. The van der Waals surface area contributed by atoms with Crippen LogP contribution in [0.15, 0.2) is 18.3 Å². The van der Waals surface area contributed by atoms with Crippen LogP contribution in [0.1, 0.15) is 0 Å². The maximum absolute atomic E-state index is 13.0. The molecule has 0 spiro atoms. The minimum atomic E-state index is -1.01. The molecule has 1 heterocycles. The van der Waals surface area contributed by atoms with Crippen LogP contribution in [-0.2, 0) is 0 Å². The van der Waals surface area contributed by atoms with Crippen LogP contribution in [0.25, 0.3) is 10.9 Å². The van der Waals surface area contributed by atoms with E-state index in [0.29, 0.717) is 5.39 Å². The average Bonchev–Trinajstić information content (AvgIpc) is 2.48.